The smallest absolute Gasteiger partial charge is 0.322 e. The van der Waals surface area contributed by atoms with Crippen molar-refractivity contribution in [1.82, 2.24) is 9.88 Å². The van der Waals surface area contributed by atoms with E-state index in [-0.39, 0.29) is 29.0 Å². The van der Waals surface area contributed by atoms with Crippen molar-refractivity contribution in [2.75, 3.05) is 18.6 Å². The molecule has 2 atom stereocenters. The SMILES string of the molecule is CN(C)[C@H]1CCCC[C@@H]1Oc1cc(F)c(S(=O)(=O)N(OC=O)c2cccc(F)n2)cc1C1CC1. The zero-order valence-electron chi connectivity index (χ0n) is 19.0. The highest BCUT2D eigenvalue weighted by Gasteiger charge is 2.37. The van der Waals surface area contributed by atoms with Gasteiger partial charge in [-0.1, -0.05) is 17.0 Å². The second kappa shape index (κ2) is 9.83. The van der Waals surface area contributed by atoms with Crippen LogP contribution in [0, 0.1) is 11.8 Å². The summed E-state index contributed by atoms with van der Waals surface area (Å²) >= 11 is 0. The van der Waals surface area contributed by atoms with Crippen molar-refractivity contribution in [1.29, 1.82) is 0 Å². The highest BCUT2D eigenvalue weighted by Crippen LogP contribution is 2.46. The predicted octanol–water partition coefficient (Wildman–Crippen LogP) is 3.77. The normalized spacial score (nSPS) is 20.7. The van der Waals surface area contributed by atoms with Crippen LogP contribution in [0.2, 0.25) is 0 Å². The van der Waals surface area contributed by atoms with E-state index in [1.54, 1.807) is 0 Å². The number of likely N-dealkylation sites (N-methyl/N-ethyl adjacent to an activating group) is 1. The fourth-order valence-electron chi connectivity index (χ4n) is 4.39. The average Bonchev–Trinajstić information content (AvgIpc) is 3.63. The van der Waals surface area contributed by atoms with E-state index in [4.69, 9.17) is 4.74 Å². The average molecular weight is 496 g/mol. The molecular formula is C23H27F2N3O5S. The van der Waals surface area contributed by atoms with Crippen LogP contribution in [0.25, 0.3) is 0 Å². The molecule has 1 heterocycles. The van der Waals surface area contributed by atoms with Crippen LogP contribution in [0.4, 0.5) is 14.6 Å². The lowest BCUT2D eigenvalue weighted by molar-refractivity contribution is -0.128. The minimum Gasteiger partial charge on any atom is -0.488 e. The van der Waals surface area contributed by atoms with Crippen LogP contribution < -0.4 is 9.21 Å². The molecule has 2 aliphatic carbocycles. The number of hydrogen-bond donors (Lipinski definition) is 0. The molecule has 0 amide bonds. The Morgan fingerprint density at radius 2 is 1.82 bits per heavy atom. The predicted molar refractivity (Wildman–Crippen MR) is 120 cm³/mol. The summed E-state index contributed by atoms with van der Waals surface area (Å²) < 4.78 is 61.9. The van der Waals surface area contributed by atoms with Crippen molar-refractivity contribution in [3.05, 3.63) is 47.7 Å². The van der Waals surface area contributed by atoms with Crippen molar-refractivity contribution >= 4 is 22.3 Å². The first-order valence-electron chi connectivity index (χ1n) is 11.2. The largest absolute Gasteiger partial charge is 0.488 e. The van der Waals surface area contributed by atoms with Gasteiger partial charge in [-0.15, -0.1) is 0 Å². The first kappa shape index (κ1) is 24.3. The summed E-state index contributed by atoms with van der Waals surface area (Å²) in [5.41, 5.74) is 0.585. The van der Waals surface area contributed by atoms with Crippen LogP contribution >= 0.6 is 0 Å². The first-order chi connectivity index (χ1) is 16.2. The number of benzene rings is 1. The highest BCUT2D eigenvalue weighted by molar-refractivity contribution is 7.92. The van der Waals surface area contributed by atoms with E-state index in [1.165, 1.54) is 12.1 Å². The van der Waals surface area contributed by atoms with Gasteiger partial charge in [-0.2, -0.15) is 17.8 Å². The van der Waals surface area contributed by atoms with Gasteiger partial charge in [0.15, 0.2) is 5.82 Å². The molecule has 1 aromatic heterocycles. The molecule has 2 fully saturated rings. The number of carbonyl (C=O) groups excluding carboxylic acids is 1. The van der Waals surface area contributed by atoms with E-state index in [2.05, 4.69) is 14.7 Å². The molecule has 1 aromatic carbocycles. The van der Waals surface area contributed by atoms with Gasteiger partial charge in [-0.05, 0) is 75.9 Å². The summed E-state index contributed by atoms with van der Waals surface area (Å²) in [5.74, 6) is -2.20. The molecular weight excluding hydrogens is 468 g/mol. The first-order valence-corrected chi connectivity index (χ1v) is 12.6. The standard InChI is InChI=1S/C23H27F2N3O5S/c1-27(2)18-6-3-4-7-19(18)33-20-13-17(24)21(12-16(20)15-10-11-15)34(30,31)28(32-14-29)23-9-5-8-22(25)26-23/h5,8-9,12-15,18-19H,3-4,6-7,10-11H2,1-2H3/t18-,19-/m0/s1. The Kier molecular flexibility index (Phi) is 7.04. The maximum Gasteiger partial charge on any atom is 0.322 e. The van der Waals surface area contributed by atoms with Crippen LogP contribution in [0.1, 0.15) is 50.0 Å². The van der Waals surface area contributed by atoms with Gasteiger partial charge in [-0.25, -0.2) is 4.39 Å². The topological polar surface area (TPSA) is 89.0 Å². The summed E-state index contributed by atoms with van der Waals surface area (Å²) in [7, 11) is -0.797. The molecule has 184 valence electrons. The molecule has 4 rings (SSSR count). The fourth-order valence-corrected chi connectivity index (χ4v) is 5.65. The van der Waals surface area contributed by atoms with Crippen LogP contribution in [0.15, 0.2) is 35.2 Å². The maximum atomic E-state index is 15.3. The van der Waals surface area contributed by atoms with Gasteiger partial charge in [-0.3, -0.25) is 4.79 Å². The Labute approximate surface area is 197 Å². The van der Waals surface area contributed by atoms with Crippen LogP contribution in [-0.4, -0.2) is 51.0 Å². The number of sulfonamides is 1. The number of aromatic nitrogens is 1. The van der Waals surface area contributed by atoms with Crippen LogP contribution in [-0.2, 0) is 19.7 Å². The molecule has 0 N–H and O–H groups in total. The van der Waals surface area contributed by atoms with Gasteiger partial charge >= 0.3 is 6.47 Å². The van der Waals surface area contributed by atoms with Gasteiger partial charge in [0.1, 0.15) is 22.6 Å². The molecule has 0 spiro atoms. The molecule has 34 heavy (non-hydrogen) atoms. The van der Waals surface area contributed by atoms with Crippen molar-refractivity contribution < 1.29 is 31.6 Å². The Morgan fingerprint density at radius 3 is 2.47 bits per heavy atom. The lowest BCUT2D eigenvalue weighted by atomic mass is 9.91. The van der Waals surface area contributed by atoms with Crippen molar-refractivity contribution in [3.63, 3.8) is 0 Å². The zero-order chi connectivity index (χ0) is 24.5. The molecule has 0 radical (unpaired) electrons. The second-order valence-electron chi connectivity index (χ2n) is 8.82. The molecule has 0 aliphatic heterocycles. The van der Waals surface area contributed by atoms with Crippen LogP contribution in [0.5, 0.6) is 5.75 Å². The lowest BCUT2D eigenvalue weighted by Gasteiger charge is -2.36. The Hall–Kier alpha value is -2.79. The summed E-state index contributed by atoms with van der Waals surface area (Å²) in [6.07, 6.45) is 5.37. The number of ether oxygens (including phenoxy) is 1. The monoisotopic (exact) mass is 495 g/mol. The molecule has 2 saturated carbocycles. The van der Waals surface area contributed by atoms with Crippen molar-refractivity contribution in [2.45, 2.75) is 61.5 Å². The molecule has 0 bridgehead atoms. The van der Waals surface area contributed by atoms with Crippen molar-refractivity contribution in [3.8, 4) is 5.75 Å². The summed E-state index contributed by atoms with van der Waals surface area (Å²) in [4.78, 5) is 20.4. The van der Waals surface area contributed by atoms with Crippen molar-refractivity contribution in [2.24, 2.45) is 0 Å². The zero-order valence-corrected chi connectivity index (χ0v) is 19.8. The van der Waals surface area contributed by atoms with E-state index >= 15 is 4.39 Å². The maximum absolute atomic E-state index is 15.3. The summed E-state index contributed by atoms with van der Waals surface area (Å²) in [6, 6.07) is 5.81. The minimum absolute atomic E-state index is 0.0404. The summed E-state index contributed by atoms with van der Waals surface area (Å²) in [6.45, 7) is -0.147. The van der Waals surface area contributed by atoms with Gasteiger partial charge in [0, 0.05) is 12.1 Å². The molecule has 0 unspecified atom stereocenters. The van der Waals surface area contributed by atoms with Gasteiger partial charge in [0.05, 0.1) is 0 Å². The third-order valence-corrected chi connectivity index (χ3v) is 7.79. The van der Waals surface area contributed by atoms with E-state index < -0.39 is 32.5 Å². The Morgan fingerprint density at radius 1 is 1.09 bits per heavy atom. The molecule has 8 nitrogen and oxygen atoms in total. The number of carbonyl (C=O) groups is 1. The van der Waals surface area contributed by atoms with Gasteiger partial charge < -0.3 is 14.5 Å². The summed E-state index contributed by atoms with van der Waals surface area (Å²) in [5, 5.41) is 0. The third kappa shape index (κ3) is 5.00. The van der Waals surface area contributed by atoms with Gasteiger partial charge in [0.2, 0.25) is 5.95 Å². The number of hydrogen-bond acceptors (Lipinski definition) is 7. The Balaban J connectivity index is 1.73. The van der Waals surface area contributed by atoms with E-state index in [9.17, 15) is 17.6 Å². The van der Waals surface area contributed by atoms with E-state index in [0.29, 0.717) is 11.3 Å². The molecule has 2 aromatic rings. The van der Waals surface area contributed by atoms with Gasteiger partial charge in [0.25, 0.3) is 10.0 Å². The number of halogens is 2. The molecule has 0 saturated heterocycles. The number of nitrogens with zero attached hydrogens (tertiary/aromatic N) is 3. The van der Waals surface area contributed by atoms with E-state index in [1.807, 2.05) is 14.1 Å². The number of rotatable bonds is 9. The lowest BCUT2D eigenvalue weighted by Crippen LogP contribution is -2.44. The highest BCUT2D eigenvalue weighted by atomic mass is 32.2. The molecule has 11 heteroatoms. The fraction of sp³-hybridized carbons (Fsp3) is 0.478. The third-order valence-electron chi connectivity index (χ3n) is 6.21. The second-order valence-corrected chi connectivity index (χ2v) is 10.5. The molecule has 2 aliphatic rings. The Bertz CT molecular complexity index is 1160. The number of pyridine rings is 1. The number of anilines is 1. The quantitative estimate of drug-likeness (QED) is 0.297. The van der Waals surface area contributed by atoms with E-state index in [0.717, 1.165) is 56.7 Å². The minimum atomic E-state index is -4.75. The van der Waals surface area contributed by atoms with Crippen LogP contribution in [0.3, 0.4) is 0 Å².